The Kier molecular flexibility index (Phi) is 16.9. The number of nitrogens with two attached hydrogens (primary N) is 1. The van der Waals surface area contributed by atoms with Crippen LogP contribution in [0.15, 0.2) is 12.2 Å². The van der Waals surface area contributed by atoms with Gasteiger partial charge >= 0.3 is 0 Å². The fourth-order valence-corrected chi connectivity index (χ4v) is 3.70. The van der Waals surface area contributed by atoms with Crippen LogP contribution < -0.4 is 5.73 Å². The molecule has 1 unspecified atom stereocenters. The van der Waals surface area contributed by atoms with Gasteiger partial charge in [-0.15, -0.1) is 0 Å². The lowest BCUT2D eigenvalue weighted by Gasteiger charge is -2.10. The van der Waals surface area contributed by atoms with E-state index in [1.54, 1.807) is 0 Å². The molecule has 0 rings (SSSR count). The standard InChI is InChI=1S/C21H41NO4S/c1-2-3-4-5-6-7-8-9-10-11-12-13-14-15-16-17-20(23)18-21(19-22)27(24,25)26/h9-10,21H,2-8,11-19,22H2,1H3,(H,24,25,26)/b10-9-. The molecule has 0 fully saturated rings. The van der Waals surface area contributed by atoms with Crippen molar-refractivity contribution in [2.75, 3.05) is 6.54 Å². The van der Waals surface area contributed by atoms with Crippen molar-refractivity contribution in [3.8, 4) is 0 Å². The minimum atomic E-state index is -4.22. The van der Waals surface area contributed by atoms with Crippen LogP contribution in [0.2, 0.25) is 0 Å². The zero-order valence-electron chi connectivity index (χ0n) is 17.2. The molecule has 27 heavy (non-hydrogen) atoms. The maximum Gasteiger partial charge on any atom is 0.269 e. The summed E-state index contributed by atoms with van der Waals surface area (Å²) in [5, 5.41) is -1.16. The molecule has 6 heteroatoms. The van der Waals surface area contributed by atoms with E-state index in [0.29, 0.717) is 6.42 Å². The van der Waals surface area contributed by atoms with Gasteiger partial charge in [-0.3, -0.25) is 9.35 Å². The van der Waals surface area contributed by atoms with Gasteiger partial charge in [0, 0.05) is 19.4 Å². The summed E-state index contributed by atoms with van der Waals surface area (Å²) < 4.78 is 31.0. The molecule has 0 saturated heterocycles. The van der Waals surface area contributed by atoms with E-state index in [9.17, 15) is 13.2 Å². The normalized spacial score (nSPS) is 13.3. The number of ketones is 1. The number of hydrogen-bond donors (Lipinski definition) is 2. The van der Waals surface area contributed by atoms with E-state index < -0.39 is 15.4 Å². The van der Waals surface area contributed by atoms with Crippen LogP contribution in [0.3, 0.4) is 0 Å². The van der Waals surface area contributed by atoms with Crippen LogP contribution in [-0.4, -0.2) is 30.5 Å². The van der Waals surface area contributed by atoms with Gasteiger partial charge in [-0.1, -0.05) is 70.4 Å². The highest BCUT2D eigenvalue weighted by molar-refractivity contribution is 7.86. The number of carbonyl (C=O) groups is 1. The molecule has 0 aliphatic heterocycles. The predicted molar refractivity (Wildman–Crippen MR) is 113 cm³/mol. The van der Waals surface area contributed by atoms with E-state index in [-0.39, 0.29) is 18.7 Å². The molecule has 0 saturated carbocycles. The predicted octanol–water partition coefficient (Wildman–Crippen LogP) is 5.20. The first-order valence-electron chi connectivity index (χ1n) is 10.7. The highest BCUT2D eigenvalue weighted by atomic mass is 32.2. The number of carbonyl (C=O) groups excluding carboxylic acids is 1. The van der Waals surface area contributed by atoms with Crippen LogP contribution in [-0.2, 0) is 14.9 Å². The van der Waals surface area contributed by atoms with Crippen LogP contribution in [0, 0.1) is 0 Å². The van der Waals surface area contributed by atoms with Gasteiger partial charge in [0.1, 0.15) is 11.0 Å². The minimum absolute atomic E-state index is 0.138. The lowest BCUT2D eigenvalue weighted by atomic mass is 10.0. The summed E-state index contributed by atoms with van der Waals surface area (Å²) in [6, 6.07) is 0. The highest BCUT2D eigenvalue weighted by Gasteiger charge is 2.23. The van der Waals surface area contributed by atoms with Gasteiger partial charge in [0.05, 0.1) is 0 Å². The van der Waals surface area contributed by atoms with Crippen molar-refractivity contribution in [3.63, 3.8) is 0 Å². The summed E-state index contributed by atoms with van der Waals surface area (Å²) in [5.41, 5.74) is 5.30. The van der Waals surface area contributed by atoms with E-state index in [4.69, 9.17) is 10.3 Å². The monoisotopic (exact) mass is 403 g/mol. The molecule has 0 spiro atoms. The molecule has 0 aromatic rings. The van der Waals surface area contributed by atoms with Crippen molar-refractivity contribution in [2.24, 2.45) is 5.73 Å². The van der Waals surface area contributed by atoms with E-state index in [2.05, 4.69) is 19.1 Å². The molecule has 0 bridgehead atoms. The molecule has 0 heterocycles. The van der Waals surface area contributed by atoms with Crippen LogP contribution in [0.5, 0.6) is 0 Å². The van der Waals surface area contributed by atoms with E-state index in [1.165, 1.54) is 51.4 Å². The SMILES string of the molecule is CCCCCCCC/C=C\CCCCCCCC(=O)CC(CN)S(=O)(=O)O. The molecule has 0 aromatic carbocycles. The van der Waals surface area contributed by atoms with Crippen molar-refractivity contribution in [3.05, 3.63) is 12.2 Å². The number of hydrogen-bond acceptors (Lipinski definition) is 4. The number of unbranched alkanes of at least 4 members (excludes halogenated alkanes) is 11. The van der Waals surface area contributed by atoms with Crippen molar-refractivity contribution in [1.82, 2.24) is 0 Å². The summed E-state index contributed by atoms with van der Waals surface area (Å²) in [6.45, 7) is 2.02. The second-order valence-corrected chi connectivity index (χ2v) is 9.15. The van der Waals surface area contributed by atoms with Crippen molar-refractivity contribution < 1.29 is 17.8 Å². The average molecular weight is 404 g/mol. The molecule has 0 aliphatic carbocycles. The summed E-state index contributed by atoms with van der Waals surface area (Å²) in [7, 11) is -4.22. The van der Waals surface area contributed by atoms with Crippen LogP contribution in [0.4, 0.5) is 0 Å². The van der Waals surface area contributed by atoms with Crippen LogP contribution in [0.25, 0.3) is 0 Å². The smallest absolute Gasteiger partial charge is 0.269 e. The van der Waals surface area contributed by atoms with Gasteiger partial charge in [-0.05, 0) is 32.1 Å². The highest BCUT2D eigenvalue weighted by Crippen LogP contribution is 2.12. The Morgan fingerprint density at radius 2 is 1.37 bits per heavy atom. The Hall–Kier alpha value is -0.720. The maximum atomic E-state index is 11.8. The molecule has 0 aliphatic rings. The third-order valence-corrected chi connectivity index (χ3v) is 6.06. The first-order chi connectivity index (χ1) is 12.9. The number of rotatable bonds is 19. The number of allylic oxidation sites excluding steroid dienone is 2. The molecule has 3 N–H and O–H groups in total. The molecule has 5 nitrogen and oxygen atoms in total. The summed E-state index contributed by atoms with van der Waals surface area (Å²) in [5.74, 6) is -0.138. The molecular weight excluding hydrogens is 362 g/mol. The van der Waals surface area contributed by atoms with E-state index >= 15 is 0 Å². The molecule has 0 aromatic heterocycles. The Bertz CT molecular complexity index is 488. The molecule has 160 valence electrons. The van der Waals surface area contributed by atoms with Gasteiger partial charge in [0.25, 0.3) is 10.1 Å². The molecule has 0 amide bonds. The average Bonchev–Trinajstić information content (AvgIpc) is 2.62. The van der Waals surface area contributed by atoms with Gasteiger partial charge < -0.3 is 5.73 Å². The topological polar surface area (TPSA) is 97.5 Å². The van der Waals surface area contributed by atoms with E-state index in [1.807, 2.05) is 0 Å². The quantitative estimate of drug-likeness (QED) is 0.175. The summed E-state index contributed by atoms with van der Waals surface area (Å²) in [4.78, 5) is 11.8. The van der Waals surface area contributed by atoms with Gasteiger partial charge in [-0.2, -0.15) is 8.42 Å². The Labute approximate surface area is 166 Å². The lowest BCUT2D eigenvalue weighted by molar-refractivity contribution is -0.119. The zero-order valence-corrected chi connectivity index (χ0v) is 18.0. The van der Waals surface area contributed by atoms with Crippen molar-refractivity contribution >= 4 is 15.9 Å². The van der Waals surface area contributed by atoms with Gasteiger partial charge in [-0.25, -0.2) is 0 Å². The largest absolute Gasteiger partial charge is 0.329 e. The Balaban J connectivity index is 3.47. The summed E-state index contributed by atoms with van der Waals surface area (Å²) >= 11 is 0. The zero-order chi connectivity index (χ0) is 20.4. The second-order valence-electron chi connectivity index (χ2n) is 7.45. The van der Waals surface area contributed by atoms with Gasteiger partial charge in [0.15, 0.2) is 0 Å². The Morgan fingerprint density at radius 3 is 1.85 bits per heavy atom. The fourth-order valence-electron chi connectivity index (χ4n) is 3.06. The van der Waals surface area contributed by atoms with Gasteiger partial charge in [0.2, 0.25) is 0 Å². The lowest BCUT2D eigenvalue weighted by Crippen LogP contribution is -2.31. The first-order valence-corrected chi connectivity index (χ1v) is 12.2. The van der Waals surface area contributed by atoms with E-state index in [0.717, 1.165) is 32.1 Å². The first kappa shape index (κ1) is 26.3. The number of Topliss-reactive ketones (excluding diaryl/α,β-unsaturated/α-hetero) is 1. The third kappa shape index (κ3) is 17.1. The minimum Gasteiger partial charge on any atom is -0.329 e. The molecular formula is C21H41NO4S. The third-order valence-electron chi connectivity index (χ3n) is 4.86. The summed E-state index contributed by atoms with van der Waals surface area (Å²) in [6.07, 6.45) is 20.3. The molecule has 1 atom stereocenters. The maximum absolute atomic E-state index is 11.8. The fraction of sp³-hybridized carbons (Fsp3) is 0.857. The van der Waals surface area contributed by atoms with Crippen molar-refractivity contribution in [2.45, 2.75) is 108 Å². The molecule has 0 radical (unpaired) electrons. The van der Waals surface area contributed by atoms with Crippen molar-refractivity contribution in [1.29, 1.82) is 0 Å². The van der Waals surface area contributed by atoms with Crippen LogP contribution in [0.1, 0.15) is 103 Å². The second kappa shape index (κ2) is 17.4. The Morgan fingerprint density at radius 1 is 0.889 bits per heavy atom. The van der Waals surface area contributed by atoms with Crippen LogP contribution >= 0.6 is 0 Å².